The minimum Gasteiger partial charge on any atom is -0.497 e. The van der Waals surface area contributed by atoms with Gasteiger partial charge in [-0.1, -0.05) is 56.1 Å². The number of hydrogen-bond acceptors (Lipinski definition) is 3. The maximum absolute atomic E-state index is 12.6. The van der Waals surface area contributed by atoms with Crippen molar-refractivity contribution < 1.29 is 14.3 Å². The van der Waals surface area contributed by atoms with E-state index in [2.05, 4.69) is 31.9 Å². The van der Waals surface area contributed by atoms with Gasteiger partial charge in [0.15, 0.2) is 5.78 Å². The molecular weight excluding hydrogens is 412 g/mol. The molecule has 3 nitrogen and oxygen atoms in total. The van der Waals surface area contributed by atoms with Crippen LogP contribution in [0.4, 0.5) is 0 Å². The van der Waals surface area contributed by atoms with E-state index in [1.54, 1.807) is 14.2 Å². The van der Waals surface area contributed by atoms with E-state index in [0.29, 0.717) is 0 Å². The predicted octanol–water partition coefficient (Wildman–Crippen LogP) is 4.85. The zero-order chi connectivity index (χ0) is 16.1. The van der Waals surface area contributed by atoms with Crippen LogP contribution in [-0.4, -0.2) is 20.0 Å². The quantitative estimate of drug-likeness (QED) is 0.618. The Morgan fingerprint density at radius 1 is 0.773 bits per heavy atom. The molecule has 0 aromatic heterocycles. The third kappa shape index (κ3) is 3.90. The van der Waals surface area contributed by atoms with Crippen LogP contribution in [0.25, 0.3) is 0 Å². The molecule has 0 aliphatic carbocycles. The number of hydrogen-bond donors (Lipinski definition) is 0. The number of benzene rings is 2. The highest BCUT2D eigenvalue weighted by atomic mass is 79.9. The zero-order valence-corrected chi connectivity index (χ0v) is 15.4. The van der Waals surface area contributed by atoms with Crippen molar-refractivity contribution in [3.8, 4) is 11.5 Å². The highest BCUT2D eigenvalue weighted by Gasteiger charge is 2.25. The molecule has 0 N–H and O–H groups in total. The molecule has 2 aromatic carbocycles. The summed E-state index contributed by atoms with van der Waals surface area (Å²) in [6, 6.07) is 14.9. The van der Waals surface area contributed by atoms with E-state index in [0.717, 1.165) is 22.6 Å². The lowest BCUT2D eigenvalue weighted by atomic mass is 10.0. The number of Topliss-reactive ketones (excluding diaryl/α,β-unsaturated/α-hetero) is 1. The topological polar surface area (TPSA) is 35.5 Å². The number of carbonyl (C=O) groups is 1. The first-order valence-electron chi connectivity index (χ1n) is 6.66. The van der Waals surface area contributed by atoms with Crippen LogP contribution in [-0.2, 0) is 4.79 Å². The van der Waals surface area contributed by atoms with Crippen LogP contribution in [0.5, 0.6) is 11.5 Å². The highest BCUT2D eigenvalue weighted by Crippen LogP contribution is 2.35. The van der Waals surface area contributed by atoms with Crippen LogP contribution in [0.15, 0.2) is 48.5 Å². The second-order valence-electron chi connectivity index (χ2n) is 4.67. The van der Waals surface area contributed by atoms with Gasteiger partial charge in [0.1, 0.15) is 11.5 Å². The Bertz CT molecular complexity index is 568. The first kappa shape index (κ1) is 17.0. The Hall–Kier alpha value is -1.33. The zero-order valence-electron chi connectivity index (χ0n) is 12.3. The van der Waals surface area contributed by atoms with Gasteiger partial charge >= 0.3 is 0 Å². The molecule has 0 bridgehead atoms. The standard InChI is InChI=1S/C17H16Br2O3/c1-21-13-7-3-11(4-8-13)15(18)17(20)16(19)12-5-9-14(22-2)10-6-12/h3-10,15-16H,1-2H3. The Morgan fingerprint density at radius 2 is 1.09 bits per heavy atom. The fourth-order valence-corrected chi connectivity index (χ4v) is 3.50. The smallest absolute Gasteiger partial charge is 0.168 e. The summed E-state index contributed by atoms with van der Waals surface area (Å²) in [6.45, 7) is 0. The van der Waals surface area contributed by atoms with Gasteiger partial charge in [-0.3, -0.25) is 4.79 Å². The molecule has 116 valence electrons. The van der Waals surface area contributed by atoms with Crippen LogP contribution in [0, 0.1) is 0 Å². The van der Waals surface area contributed by atoms with Crippen LogP contribution >= 0.6 is 31.9 Å². The average molecular weight is 428 g/mol. The third-order valence-electron chi connectivity index (χ3n) is 3.32. The van der Waals surface area contributed by atoms with Crippen LogP contribution in [0.1, 0.15) is 20.8 Å². The minimum atomic E-state index is -0.384. The molecule has 0 heterocycles. The van der Waals surface area contributed by atoms with Crippen LogP contribution in [0.3, 0.4) is 0 Å². The summed E-state index contributed by atoms with van der Waals surface area (Å²) in [4.78, 5) is 11.8. The van der Waals surface area contributed by atoms with Gasteiger partial charge < -0.3 is 9.47 Å². The van der Waals surface area contributed by atoms with Gasteiger partial charge in [-0.2, -0.15) is 0 Å². The first-order chi connectivity index (χ1) is 10.6. The molecule has 0 fully saturated rings. The third-order valence-corrected chi connectivity index (χ3v) is 5.28. The van der Waals surface area contributed by atoms with E-state index in [1.165, 1.54) is 0 Å². The Labute approximate surface area is 146 Å². The maximum atomic E-state index is 12.6. The lowest BCUT2D eigenvalue weighted by Gasteiger charge is -2.15. The number of rotatable bonds is 6. The monoisotopic (exact) mass is 426 g/mol. The van der Waals surface area contributed by atoms with Crippen molar-refractivity contribution in [2.45, 2.75) is 9.65 Å². The van der Waals surface area contributed by atoms with Crippen molar-refractivity contribution in [3.05, 3.63) is 59.7 Å². The second-order valence-corrected chi connectivity index (χ2v) is 6.51. The lowest BCUT2D eigenvalue weighted by molar-refractivity contribution is -0.118. The van der Waals surface area contributed by atoms with Crippen LogP contribution in [0.2, 0.25) is 0 Å². The van der Waals surface area contributed by atoms with Gasteiger partial charge in [0, 0.05) is 0 Å². The van der Waals surface area contributed by atoms with E-state index in [4.69, 9.17) is 9.47 Å². The summed E-state index contributed by atoms with van der Waals surface area (Å²) in [7, 11) is 3.23. The molecule has 2 unspecified atom stereocenters. The molecule has 2 aromatic rings. The van der Waals surface area contributed by atoms with E-state index < -0.39 is 0 Å². The van der Waals surface area contributed by atoms with Gasteiger partial charge in [0.25, 0.3) is 0 Å². The number of ketones is 1. The van der Waals surface area contributed by atoms with E-state index >= 15 is 0 Å². The number of halogens is 2. The average Bonchev–Trinajstić information content (AvgIpc) is 2.60. The van der Waals surface area contributed by atoms with E-state index in [1.807, 2.05) is 48.5 Å². The predicted molar refractivity (Wildman–Crippen MR) is 94.3 cm³/mol. The SMILES string of the molecule is COc1ccc(C(Br)C(=O)C(Br)c2ccc(OC)cc2)cc1. The van der Waals surface area contributed by atoms with Crippen molar-refractivity contribution in [3.63, 3.8) is 0 Å². The molecule has 2 atom stereocenters. The van der Waals surface area contributed by atoms with E-state index in [-0.39, 0.29) is 15.4 Å². The fraction of sp³-hybridized carbons (Fsp3) is 0.235. The molecule has 2 rings (SSSR count). The number of alkyl halides is 2. The first-order valence-corrected chi connectivity index (χ1v) is 8.49. The fourth-order valence-electron chi connectivity index (χ4n) is 2.00. The molecule has 0 radical (unpaired) electrons. The number of ether oxygens (including phenoxy) is 2. The van der Waals surface area contributed by atoms with Crippen molar-refractivity contribution in [2.24, 2.45) is 0 Å². The van der Waals surface area contributed by atoms with Gasteiger partial charge in [-0.05, 0) is 35.4 Å². The summed E-state index contributed by atoms with van der Waals surface area (Å²) >= 11 is 6.96. The normalized spacial score (nSPS) is 13.3. The maximum Gasteiger partial charge on any atom is 0.168 e. The summed E-state index contributed by atoms with van der Waals surface area (Å²) < 4.78 is 10.3. The Morgan fingerprint density at radius 3 is 1.36 bits per heavy atom. The number of carbonyl (C=O) groups excluding carboxylic acids is 1. The lowest BCUT2D eigenvalue weighted by Crippen LogP contribution is -2.12. The highest BCUT2D eigenvalue weighted by molar-refractivity contribution is 9.10. The molecule has 5 heteroatoms. The molecular formula is C17H16Br2O3. The minimum absolute atomic E-state index is 0.0373. The molecule has 0 amide bonds. The van der Waals surface area contributed by atoms with Crippen LogP contribution < -0.4 is 9.47 Å². The summed E-state index contributed by atoms with van der Waals surface area (Å²) in [5.74, 6) is 1.57. The van der Waals surface area contributed by atoms with Crippen molar-refractivity contribution in [1.82, 2.24) is 0 Å². The molecule has 0 aliphatic rings. The van der Waals surface area contributed by atoms with Gasteiger partial charge in [0.2, 0.25) is 0 Å². The van der Waals surface area contributed by atoms with Crippen molar-refractivity contribution >= 4 is 37.6 Å². The molecule has 0 spiro atoms. The number of methoxy groups -OCH3 is 2. The van der Waals surface area contributed by atoms with Gasteiger partial charge in [-0.15, -0.1) is 0 Å². The molecule has 0 saturated carbocycles. The van der Waals surface area contributed by atoms with Gasteiger partial charge in [0.05, 0.1) is 23.9 Å². The summed E-state index contributed by atoms with van der Waals surface area (Å²) in [6.07, 6.45) is 0. The molecule has 22 heavy (non-hydrogen) atoms. The van der Waals surface area contributed by atoms with Crippen molar-refractivity contribution in [2.75, 3.05) is 14.2 Å². The Balaban J connectivity index is 2.13. The molecule has 0 saturated heterocycles. The molecule has 0 aliphatic heterocycles. The summed E-state index contributed by atoms with van der Waals surface area (Å²) in [5.41, 5.74) is 1.78. The van der Waals surface area contributed by atoms with Gasteiger partial charge in [-0.25, -0.2) is 0 Å². The summed E-state index contributed by atoms with van der Waals surface area (Å²) in [5, 5.41) is 0. The van der Waals surface area contributed by atoms with E-state index in [9.17, 15) is 4.79 Å². The van der Waals surface area contributed by atoms with Crippen molar-refractivity contribution in [1.29, 1.82) is 0 Å². The Kier molecular flexibility index (Phi) is 6.03. The second kappa shape index (κ2) is 7.79. The largest absolute Gasteiger partial charge is 0.497 e.